The van der Waals surface area contributed by atoms with E-state index >= 15 is 0 Å². The highest BCUT2D eigenvalue weighted by Gasteiger charge is 2.11. The Morgan fingerprint density at radius 2 is 2.10 bits per heavy atom. The Hall–Kier alpha value is -1.85. The van der Waals surface area contributed by atoms with Gasteiger partial charge in [-0.25, -0.2) is 0 Å². The monoisotopic (exact) mass is 307 g/mol. The van der Waals surface area contributed by atoms with Gasteiger partial charge in [0.05, 0.1) is 0 Å². The zero-order valence-electron chi connectivity index (χ0n) is 10.7. The zero-order valence-corrected chi connectivity index (χ0v) is 12.2. The van der Waals surface area contributed by atoms with Crippen molar-refractivity contribution in [3.8, 4) is 0 Å². The third kappa shape index (κ3) is 2.55. The van der Waals surface area contributed by atoms with Gasteiger partial charge in [0, 0.05) is 24.7 Å². The first kappa shape index (κ1) is 13.1. The van der Waals surface area contributed by atoms with Crippen LogP contribution in [0.5, 0.6) is 0 Å². The van der Waals surface area contributed by atoms with Gasteiger partial charge in [0.1, 0.15) is 17.3 Å². The molecule has 2 heterocycles. The van der Waals surface area contributed by atoms with Gasteiger partial charge in [-0.15, -0.1) is 0 Å². The molecule has 0 spiro atoms. The molecule has 3 rings (SSSR count). The fourth-order valence-corrected chi connectivity index (χ4v) is 2.42. The summed E-state index contributed by atoms with van der Waals surface area (Å²) in [6.07, 6.45) is 1.45. The maximum atomic E-state index is 6.01. The number of hydrogen-bond donors (Lipinski definition) is 0. The Labute approximate surface area is 125 Å². The van der Waals surface area contributed by atoms with Gasteiger partial charge in [-0.1, -0.05) is 35.3 Å². The van der Waals surface area contributed by atoms with Crippen molar-refractivity contribution in [1.82, 2.24) is 19.6 Å². The maximum Gasteiger partial charge on any atom is 0.255 e. The summed E-state index contributed by atoms with van der Waals surface area (Å²) in [4.78, 5) is 10.2. The molecule has 0 bridgehead atoms. The Kier molecular flexibility index (Phi) is 3.46. The van der Waals surface area contributed by atoms with Gasteiger partial charge in [-0.2, -0.15) is 19.6 Å². The molecular weight excluding hydrogens is 297 g/mol. The van der Waals surface area contributed by atoms with E-state index in [1.165, 1.54) is 6.33 Å². The Bertz CT molecular complexity index is 755. The first-order chi connectivity index (χ1) is 9.63. The Balaban J connectivity index is 1.96. The molecule has 20 heavy (non-hydrogen) atoms. The molecule has 0 radical (unpaired) electrons. The Morgan fingerprint density at radius 1 is 1.25 bits per heavy atom. The van der Waals surface area contributed by atoms with Crippen LogP contribution in [-0.2, 0) is 6.54 Å². The standard InChI is InChI=1S/C13H11Cl2N5/c1-19(7-9-3-2-4-10(14)5-9)12-6-11(15)18-13-16-8-17-20(12)13/h2-6,8H,7H2,1H3. The van der Waals surface area contributed by atoms with E-state index in [2.05, 4.69) is 15.1 Å². The molecule has 1 aromatic carbocycles. The fourth-order valence-electron chi connectivity index (χ4n) is 2.03. The molecule has 0 saturated heterocycles. The predicted molar refractivity (Wildman–Crippen MR) is 79.4 cm³/mol. The first-order valence-electron chi connectivity index (χ1n) is 5.95. The zero-order chi connectivity index (χ0) is 14.1. The van der Waals surface area contributed by atoms with E-state index in [0.717, 1.165) is 16.4 Å². The number of halogens is 2. The highest BCUT2D eigenvalue weighted by atomic mass is 35.5. The molecule has 7 heteroatoms. The number of rotatable bonds is 3. The van der Waals surface area contributed by atoms with Crippen LogP contribution in [0.3, 0.4) is 0 Å². The second kappa shape index (κ2) is 5.26. The van der Waals surface area contributed by atoms with Crippen LogP contribution in [0.2, 0.25) is 10.2 Å². The SMILES string of the molecule is CN(Cc1cccc(Cl)c1)c1cc(Cl)nc2ncnn12. The summed E-state index contributed by atoms with van der Waals surface area (Å²) in [6.45, 7) is 0.676. The van der Waals surface area contributed by atoms with Crippen LogP contribution in [0.1, 0.15) is 5.56 Å². The average Bonchev–Trinajstić information content (AvgIpc) is 2.85. The van der Waals surface area contributed by atoms with E-state index in [1.807, 2.05) is 36.2 Å². The lowest BCUT2D eigenvalue weighted by atomic mass is 10.2. The van der Waals surface area contributed by atoms with Gasteiger partial charge in [0.25, 0.3) is 5.78 Å². The van der Waals surface area contributed by atoms with Gasteiger partial charge in [0.15, 0.2) is 0 Å². The van der Waals surface area contributed by atoms with E-state index < -0.39 is 0 Å². The molecule has 3 aromatic rings. The molecule has 0 saturated carbocycles. The third-order valence-electron chi connectivity index (χ3n) is 2.90. The summed E-state index contributed by atoms with van der Waals surface area (Å²) in [6, 6.07) is 9.48. The lowest BCUT2D eigenvalue weighted by Crippen LogP contribution is -2.20. The molecule has 2 aromatic heterocycles. The number of fused-ring (bicyclic) bond motifs is 1. The summed E-state index contributed by atoms with van der Waals surface area (Å²) < 4.78 is 1.65. The largest absolute Gasteiger partial charge is 0.355 e. The summed E-state index contributed by atoms with van der Waals surface area (Å²) in [5, 5.41) is 5.26. The van der Waals surface area contributed by atoms with Crippen molar-refractivity contribution in [2.45, 2.75) is 6.54 Å². The topological polar surface area (TPSA) is 46.3 Å². The third-order valence-corrected chi connectivity index (χ3v) is 3.33. The number of anilines is 1. The van der Waals surface area contributed by atoms with E-state index in [0.29, 0.717) is 17.5 Å². The van der Waals surface area contributed by atoms with Crippen molar-refractivity contribution >= 4 is 34.8 Å². The van der Waals surface area contributed by atoms with Crippen molar-refractivity contribution in [1.29, 1.82) is 0 Å². The van der Waals surface area contributed by atoms with Crippen LogP contribution in [0.4, 0.5) is 5.82 Å². The number of hydrogen-bond acceptors (Lipinski definition) is 4. The highest BCUT2D eigenvalue weighted by Crippen LogP contribution is 2.20. The summed E-state index contributed by atoms with van der Waals surface area (Å²) in [7, 11) is 1.95. The van der Waals surface area contributed by atoms with Crippen LogP contribution in [-0.4, -0.2) is 26.6 Å². The lowest BCUT2D eigenvalue weighted by Gasteiger charge is -2.20. The predicted octanol–water partition coefficient (Wildman–Crippen LogP) is 3.07. The molecule has 0 unspecified atom stereocenters. The molecule has 0 fully saturated rings. The maximum absolute atomic E-state index is 6.01. The van der Waals surface area contributed by atoms with E-state index in [1.54, 1.807) is 10.6 Å². The van der Waals surface area contributed by atoms with Gasteiger partial charge >= 0.3 is 0 Å². The van der Waals surface area contributed by atoms with Gasteiger partial charge < -0.3 is 4.90 Å². The highest BCUT2D eigenvalue weighted by molar-refractivity contribution is 6.30. The van der Waals surface area contributed by atoms with E-state index in [-0.39, 0.29) is 0 Å². The fraction of sp³-hybridized carbons (Fsp3) is 0.154. The lowest BCUT2D eigenvalue weighted by molar-refractivity contribution is 0.832. The molecule has 102 valence electrons. The van der Waals surface area contributed by atoms with E-state index in [9.17, 15) is 0 Å². The molecule has 0 atom stereocenters. The number of nitrogens with zero attached hydrogens (tertiary/aromatic N) is 5. The molecule has 0 amide bonds. The van der Waals surface area contributed by atoms with Crippen molar-refractivity contribution in [2.75, 3.05) is 11.9 Å². The summed E-state index contributed by atoms with van der Waals surface area (Å²) in [5.74, 6) is 1.29. The molecule has 0 aliphatic heterocycles. The van der Waals surface area contributed by atoms with Crippen molar-refractivity contribution in [2.24, 2.45) is 0 Å². The summed E-state index contributed by atoms with van der Waals surface area (Å²) in [5.41, 5.74) is 1.10. The molecule has 0 N–H and O–H groups in total. The average molecular weight is 308 g/mol. The van der Waals surface area contributed by atoms with Crippen LogP contribution in [0.25, 0.3) is 5.78 Å². The van der Waals surface area contributed by atoms with Crippen molar-refractivity contribution in [3.05, 3.63) is 52.4 Å². The summed E-state index contributed by atoms with van der Waals surface area (Å²) >= 11 is 12.0. The number of aromatic nitrogens is 4. The second-order valence-corrected chi connectivity index (χ2v) is 5.22. The smallest absolute Gasteiger partial charge is 0.255 e. The minimum Gasteiger partial charge on any atom is -0.355 e. The van der Waals surface area contributed by atoms with Gasteiger partial charge in [-0.3, -0.25) is 0 Å². The first-order valence-corrected chi connectivity index (χ1v) is 6.71. The van der Waals surface area contributed by atoms with Crippen LogP contribution < -0.4 is 4.90 Å². The number of benzene rings is 1. The minimum absolute atomic E-state index is 0.387. The van der Waals surface area contributed by atoms with Gasteiger partial charge in [0.2, 0.25) is 0 Å². The van der Waals surface area contributed by atoms with E-state index in [4.69, 9.17) is 23.2 Å². The molecule has 0 aliphatic carbocycles. The minimum atomic E-state index is 0.387. The molecule has 0 aliphatic rings. The van der Waals surface area contributed by atoms with Crippen LogP contribution in [0.15, 0.2) is 36.7 Å². The normalized spacial score (nSPS) is 10.9. The second-order valence-electron chi connectivity index (χ2n) is 4.39. The van der Waals surface area contributed by atoms with Crippen molar-refractivity contribution < 1.29 is 0 Å². The quantitative estimate of drug-likeness (QED) is 0.698. The van der Waals surface area contributed by atoms with Crippen molar-refractivity contribution in [3.63, 3.8) is 0 Å². The van der Waals surface area contributed by atoms with Crippen LogP contribution >= 0.6 is 23.2 Å². The Morgan fingerprint density at radius 3 is 2.90 bits per heavy atom. The van der Waals surface area contributed by atoms with Gasteiger partial charge in [-0.05, 0) is 17.7 Å². The van der Waals surface area contributed by atoms with Crippen LogP contribution in [0, 0.1) is 0 Å². The molecular formula is C13H11Cl2N5. The molecule has 5 nitrogen and oxygen atoms in total.